The van der Waals surface area contributed by atoms with E-state index in [9.17, 15) is 13.2 Å². The van der Waals surface area contributed by atoms with Crippen molar-refractivity contribution in [2.75, 3.05) is 30.0 Å². The van der Waals surface area contributed by atoms with E-state index in [1.807, 2.05) is 0 Å². The van der Waals surface area contributed by atoms with Gasteiger partial charge in [0.25, 0.3) is 0 Å². The Bertz CT molecular complexity index is 393. The number of anilines is 1. The van der Waals surface area contributed by atoms with Crippen molar-refractivity contribution in [3.05, 3.63) is 29.8 Å². The zero-order valence-corrected chi connectivity index (χ0v) is 11.2. The van der Waals surface area contributed by atoms with E-state index in [-0.39, 0.29) is 6.04 Å². The third-order valence-corrected chi connectivity index (χ3v) is 3.68. The van der Waals surface area contributed by atoms with Crippen LogP contribution >= 0.6 is 15.9 Å². The highest BCUT2D eigenvalue weighted by molar-refractivity contribution is 9.09. The van der Waals surface area contributed by atoms with Gasteiger partial charge in [-0.2, -0.15) is 13.2 Å². The number of alkyl halides is 4. The molecule has 6 heteroatoms. The summed E-state index contributed by atoms with van der Waals surface area (Å²) in [6, 6.07) is 5.44. The largest absolute Gasteiger partial charge is 0.416 e. The van der Waals surface area contributed by atoms with Gasteiger partial charge in [0.2, 0.25) is 0 Å². The third kappa shape index (κ3) is 2.98. The molecule has 1 heterocycles. The number of morpholine rings is 1. The van der Waals surface area contributed by atoms with Gasteiger partial charge in [0, 0.05) is 17.6 Å². The lowest BCUT2D eigenvalue weighted by Crippen LogP contribution is -2.46. The average Bonchev–Trinajstić information content (AvgIpc) is 2.38. The summed E-state index contributed by atoms with van der Waals surface area (Å²) >= 11 is 3.39. The van der Waals surface area contributed by atoms with E-state index in [2.05, 4.69) is 20.8 Å². The molecule has 1 aromatic carbocycles. The monoisotopic (exact) mass is 323 g/mol. The van der Waals surface area contributed by atoms with E-state index in [4.69, 9.17) is 4.74 Å². The van der Waals surface area contributed by atoms with Gasteiger partial charge in [0.1, 0.15) is 0 Å². The fourth-order valence-corrected chi connectivity index (χ4v) is 2.50. The van der Waals surface area contributed by atoms with Crippen molar-refractivity contribution in [1.82, 2.24) is 0 Å². The molecule has 1 aliphatic heterocycles. The van der Waals surface area contributed by atoms with Crippen LogP contribution in [0, 0.1) is 0 Å². The first kappa shape index (κ1) is 13.7. The molecule has 2 nitrogen and oxygen atoms in total. The van der Waals surface area contributed by atoms with Crippen LogP contribution in [-0.4, -0.2) is 31.1 Å². The summed E-state index contributed by atoms with van der Waals surface area (Å²) < 4.78 is 42.7. The Balaban J connectivity index is 2.18. The Morgan fingerprint density at radius 3 is 2.50 bits per heavy atom. The summed E-state index contributed by atoms with van der Waals surface area (Å²) in [5, 5.41) is 0.730. The van der Waals surface area contributed by atoms with Gasteiger partial charge in [0.05, 0.1) is 24.8 Å². The van der Waals surface area contributed by atoms with E-state index >= 15 is 0 Å². The molecule has 1 aromatic rings. The molecule has 1 saturated heterocycles. The van der Waals surface area contributed by atoms with Crippen LogP contribution in [0.1, 0.15) is 5.56 Å². The number of ether oxygens (including phenoxy) is 1. The maximum atomic E-state index is 12.5. The molecule has 0 saturated carbocycles. The first-order chi connectivity index (χ1) is 8.52. The van der Waals surface area contributed by atoms with Crippen molar-refractivity contribution in [2.45, 2.75) is 12.2 Å². The van der Waals surface area contributed by atoms with Crippen molar-refractivity contribution >= 4 is 21.6 Å². The molecular formula is C12H13BrF3NO. The predicted molar refractivity (Wildman–Crippen MR) is 67.2 cm³/mol. The van der Waals surface area contributed by atoms with Crippen LogP contribution in [0.15, 0.2) is 24.3 Å². The topological polar surface area (TPSA) is 12.5 Å². The molecule has 0 aromatic heterocycles. The molecule has 1 unspecified atom stereocenters. The van der Waals surface area contributed by atoms with Gasteiger partial charge in [-0.05, 0) is 24.3 Å². The lowest BCUT2D eigenvalue weighted by Gasteiger charge is -2.36. The standard InChI is InChI=1S/C12H13BrF3NO/c13-7-11-8-18-6-5-17(11)10-3-1-9(2-4-10)12(14,15)16/h1-4,11H,5-8H2. The van der Waals surface area contributed by atoms with E-state index in [0.717, 1.165) is 23.2 Å². The maximum Gasteiger partial charge on any atom is 0.416 e. The second-order valence-electron chi connectivity index (χ2n) is 4.12. The van der Waals surface area contributed by atoms with Crippen LogP contribution < -0.4 is 4.90 Å². The smallest absolute Gasteiger partial charge is 0.377 e. The fraction of sp³-hybridized carbons (Fsp3) is 0.500. The molecular weight excluding hydrogens is 311 g/mol. The highest BCUT2D eigenvalue weighted by Gasteiger charge is 2.30. The minimum atomic E-state index is -4.28. The number of halogens is 4. The highest BCUT2D eigenvalue weighted by atomic mass is 79.9. The fourth-order valence-electron chi connectivity index (χ4n) is 1.96. The minimum absolute atomic E-state index is 0.162. The van der Waals surface area contributed by atoms with Crippen molar-refractivity contribution in [3.63, 3.8) is 0 Å². The van der Waals surface area contributed by atoms with Crippen molar-refractivity contribution in [3.8, 4) is 0 Å². The first-order valence-corrected chi connectivity index (χ1v) is 6.72. The van der Waals surface area contributed by atoms with Gasteiger partial charge < -0.3 is 9.64 Å². The number of hydrogen-bond acceptors (Lipinski definition) is 2. The average molecular weight is 324 g/mol. The normalized spacial score (nSPS) is 21.1. The van der Waals surface area contributed by atoms with Gasteiger partial charge in [0.15, 0.2) is 0 Å². The SMILES string of the molecule is FC(F)(F)c1ccc(N2CCOCC2CBr)cc1. The lowest BCUT2D eigenvalue weighted by atomic mass is 10.1. The minimum Gasteiger partial charge on any atom is -0.377 e. The van der Waals surface area contributed by atoms with E-state index in [0.29, 0.717) is 19.8 Å². The van der Waals surface area contributed by atoms with Crippen molar-refractivity contribution in [1.29, 1.82) is 0 Å². The molecule has 2 rings (SSSR count). The van der Waals surface area contributed by atoms with E-state index in [1.54, 1.807) is 0 Å². The summed E-state index contributed by atoms with van der Waals surface area (Å²) in [5.74, 6) is 0. The van der Waals surface area contributed by atoms with Crippen LogP contribution in [0.3, 0.4) is 0 Å². The number of rotatable bonds is 2. The first-order valence-electron chi connectivity index (χ1n) is 5.60. The van der Waals surface area contributed by atoms with Gasteiger partial charge in [-0.25, -0.2) is 0 Å². The highest BCUT2D eigenvalue weighted by Crippen LogP contribution is 2.31. The summed E-state index contributed by atoms with van der Waals surface area (Å²) in [6.07, 6.45) is -4.28. The second kappa shape index (κ2) is 5.48. The molecule has 0 bridgehead atoms. The Hall–Kier alpha value is -0.750. The lowest BCUT2D eigenvalue weighted by molar-refractivity contribution is -0.137. The molecule has 100 valence electrons. The van der Waals surface area contributed by atoms with Crippen LogP contribution in [0.4, 0.5) is 18.9 Å². The molecule has 1 aliphatic rings. The van der Waals surface area contributed by atoms with E-state index < -0.39 is 11.7 Å². The summed E-state index contributed by atoms with van der Waals surface area (Å²) in [5.41, 5.74) is 0.186. The summed E-state index contributed by atoms with van der Waals surface area (Å²) in [7, 11) is 0. The van der Waals surface area contributed by atoms with Crippen LogP contribution in [-0.2, 0) is 10.9 Å². The Kier molecular flexibility index (Phi) is 4.17. The molecule has 0 radical (unpaired) electrons. The maximum absolute atomic E-state index is 12.5. The number of nitrogens with zero attached hydrogens (tertiary/aromatic N) is 1. The van der Waals surface area contributed by atoms with E-state index in [1.165, 1.54) is 12.1 Å². The Morgan fingerprint density at radius 2 is 1.94 bits per heavy atom. The van der Waals surface area contributed by atoms with Crippen molar-refractivity contribution in [2.24, 2.45) is 0 Å². The summed E-state index contributed by atoms with van der Waals surface area (Å²) in [6.45, 7) is 1.89. The van der Waals surface area contributed by atoms with Crippen LogP contribution in [0.25, 0.3) is 0 Å². The molecule has 0 amide bonds. The third-order valence-electron chi connectivity index (χ3n) is 2.93. The van der Waals surface area contributed by atoms with Crippen LogP contribution in [0.5, 0.6) is 0 Å². The van der Waals surface area contributed by atoms with Gasteiger partial charge in [-0.1, -0.05) is 15.9 Å². The second-order valence-corrected chi connectivity index (χ2v) is 4.77. The molecule has 0 aliphatic carbocycles. The summed E-state index contributed by atoms with van der Waals surface area (Å²) in [4.78, 5) is 2.07. The van der Waals surface area contributed by atoms with Crippen molar-refractivity contribution < 1.29 is 17.9 Å². The zero-order valence-electron chi connectivity index (χ0n) is 9.58. The molecule has 0 spiro atoms. The predicted octanol–water partition coefficient (Wildman–Crippen LogP) is 3.31. The van der Waals surface area contributed by atoms with Gasteiger partial charge in [-0.3, -0.25) is 0 Å². The van der Waals surface area contributed by atoms with Gasteiger partial charge in [-0.15, -0.1) is 0 Å². The van der Waals surface area contributed by atoms with Crippen LogP contribution in [0.2, 0.25) is 0 Å². The number of hydrogen-bond donors (Lipinski definition) is 0. The Morgan fingerprint density at radius 1 is 1.28 bits per heavy atom. The number of benzene rings is 1. The van der Waals surface area contributed by atoms with Gasteiger partial charge >= 0.3 is 6.18 Å². The Labute approximate surface area is 112 Å². The molecule has 1 atom stereocenters. The molecule has 18 heavy (non-hydrogen) atoms. The quantitative estimate of drug-likeness (QED) is 0.774. The zero-order chi connectivity index (χ0) is 13.2. The molecule has 0 N–H and O–H groups in total. The molecule has 1 fully saturated rings.